The van der Waals surface area contributed by atoms with Gasteiger partial charge in [0.05, 0.1) is 0 Å². The standard InChI is InChI=1S/C17H17BrN2S/c1-12-10-15(6-7-16(12)18)19-17(21)20-9-8-13-4-2-3-5-14(13)11-20/h2-7,10H,8-9,11H2,1H3,(H,19,21). The number of thiocarbonyl (C=S) groups is 1. The summed E-state index contributed by atoms with van der Waals surface area (Å²) in [5, 5.41) is 4.14. The average molecular weight is 361 g/mol. The van der Waals surface area contributed by atoms with Crippen molar-refractivity contribution in [3.05, 3.63) is 63.6 Å². The fourth-order valence-corrected chi connectivity index (χ4v) is 3.11. The summed E-state index contributed by atoms with van der Waals surface area (Å²) >= 11 is 9.08. The third-order valence-corrected chi connectivity index (χ3v) is 5.08. The number of hydrogen-bond acceptors (Lipinski definition) is 1. The van der Waals surface area contributed by atoms with Gasteiger partial charge in [0.25, 0.3) is 0 Å². The highest BCUT2D eigenvalue weighted by atomic mass is 79.9. The van der Waals surface area contributed by atoms with Crippen molar-refractivity contribution in [2.75, 3.05) is 11.9 Å². The highest BCUT2D eigenvalue weighted by Crippen LogP contribution is 2.22. The molecule has 2 aromatic carbocycles. The Kier molecular flexibility index (Phi) is 4.27. The quantitative estimate of drug-likeness (QED) is 0.753. The third-order valence-electron chi connectivity index (χ3n) is 3.83. The molecule has 2 nitrogen and oxygen atoms in total. The summed E-state index contributed by atoms with van der Waals surface area (Å²) in [4.78, 5) is 2.23. The molecule has 3 rings (SSSR count). The predicted octanol–water partition coefficient (Wildman–Crippen LogP) is 4.51. The average Bonchev–Trinajstić information content (AvgIpc) is 2.50. The zero-order valence-electron chi connectivity index (χ0n) is 11.9. The summed E-state index contributed by atoms with van der Waals surface area (Å²) in [5.74, 6) is 0. The van der Waals surface area contributed by atoms with Crippen molar-refractivity contribution in [3.8, 4) is 0 Å². The number of rotatable bonds is 1. The molecule has 0 bridgehead atoms. The maximum Gasteiger partial charge on any atom is 0.173 e. The lowest BCUT2D eigenvalue weighted by atomic mass is 10.0. The minimum atomic E-state index is 0.797. The molecule has 21 heavy (non-hydrogen) atoms. The van der Waals surface area contributed by atoms with Crippen molar-refractivity contribution in [1.29, 1.82) is 0 Å². The van der Waals surface area contributed by atoms with Crippen LogP contribution in [0.25, 0.3) is 0 Å². The molecule has 0 fully saturated rings. The molecule has 0 aliphatic carbocycles. The van der Waals surface area contributed by atoms with Gasteiger partial charge in [-0.2, -0.15) is 0 Å². The van der Waals surface area contributed by atoms with Crippen molar-refractivity contribution in [1.82, 2.24) is 4.90 Å². The molecule has 1 heterocycles. The fourth-order valence-electron chi connectivity index (χ4n) is 2.59. The van der Waals surface area contributed by atoms with E-state index in [2.05, 4.69) is 63.4 Å². The van der Waals surface area contributed by atoms with E-state index in [9.17, 15) is 0 Å². The highest BCUT2D eigenvalue weighted by molar-refractivity contribution is 9.10. The van der Waals surface area contributed by atoms with Gasteiger partial charge in [0.2, 0.25) is 0 Å². The number of fused-ring (bicyclic) bond motifs is 1. The molecule has 0 aromatic heterocycles. The largest absolute Gasteiger partial charge is 0.344 e. The van der Waals surface area contributed by atoms with E-state index in [1.807, 2.05) is 12.1 Å². The molecule has 0 atom stereocenters. The van der Waals surface area contributed by atoms with Crippen LogP contribution in [0.3, 0.4) is 0 Å². The molecule has 0 spiro atoms. The van der Waals surface area contributed by atoms with Crippen molar-refractivity contribution >= 4 is 38.9 Å². The fraction of sp³-hybridized carbons (Fsp3) is 0.235. The van der Waals surface area contributed by atoms with Gasteiger partial charge in [-0.05, 0) is 60.5 Å². The number of nitrogens with one attached hydrogen (secondary N) is 1. The van der Waals surface area contributed by atoms with E-state index < -0.39 is 0 Å². The Morgan fingerprint density at radius 1 is 1.19 bits per heavy atom. The lowest BCUT2D eigenvalue weighted by Gasteiger charge is -2.31. The van der Waals surface area contributed by atoms with Gasteiger partial charge in [0.15, 0.2) is 5.11 Å². The van der Waals surface area contributed by atoms with E-state index in [1.54, 1.807) is 0 Å². The van der Waals surface area contributed by atoms with Crippen molar-refractivity contribution < 1.29 is 0 Å². The van der Waals surface area contributed by atoms with Gasteiger partial charge in [0, 0.05) is 23.2 Å². The minimum Gasteiger partial charge on any atom is -0.344 e. The Labute approximate surface area is 139 Å². The number of hydrogen-bond donors (Lipinski definition) is 1. The van der Waals surface area contributed by atoms with Crippen LogP contribution in [0.5, 0.6) is 0 Å². The van der Waals surface area contributed by atoms with Crippen LogP contribution in [0.2, 0.25) is 0 Å². The number of halogens is 1. The third kappa shape index (κ3) is 3.27. The Bertz CT molecular complexity index is 684. The van der Waals surface area contributed by atoms with Crippen molar-refractivity contribution in [2.45, 2.75) is 19.9 Å². The first kappa shape index (κ1) is 14.5. The Balaban J connectivity index is 1.70. The molecule has 1 N–H and O–H groups in total. The van der Waals surface area contributed by atoms with E-state index >= 15 is 0 Å². The first-order valence-corrected chi connectivity index (χ1v) is 8.22. The maximum atomic E-state index is 5.56. The number of nitrogens with zero attached hydrogens (tertiary/aromatic N) is 1. The first-order chi connectivity index (χ1) is 10.1. The number of aryl methyl sites for hydroxylation is 1. The number of anilines is 1. The molecule has 0 amide bonds. The molecule has 1 aliphatic heterocycles. The van der Waals surface area contributed by atoms with Gasteiger partial charge >= 0.3 is 0 Å². The second-order valence-electron chi connectivity index (χ2n) is 5.33. The molecule has 0 radical (unpaired) electrons. The van der Waals surface area contributed by atoms with Crippen LogP contribution in [0.1, 0.15) is 16.7 Å². The normalized spacial score (nSPS) is 13.7. The van der Waals surface area contributed by atoms with Crippen LogP contribution in [0, 0.1) is 6.92 Å². The molecular weight excluding hydrogens is 344 g/mol. The van der Waals surface area contributed by atoms with Crippen molar-refractivity contribution in [2.24, 2.45) is 0 Å². The van der Waals surface area contributed by atoms with Crippen LogP contribution in [0.15, 0.2) is 46.9 Å². The van der Waals surface area contributed by atoms with Crippen LogP contribution in [-0.2, 0) is 13.0 Å². The summed E-state index contributed by atoms with van der Waals surface area (Å²) < 4.78 is 1.12. The van der Waals surface area contributed by atoms with E-state index in [1.165, 1.54) is 16.7 Å². The summed E-state index contributed by atoms with van der Waals surface area (Å²) in [5.41, 5.74) is 5.06. The lowest BCUT2D eigenvalue weighted by molar-refractivity contribution is 0.399. The molecule has 1 aliphatic rings. The van der Waals surface area contributed by atoms with Crippen LogP contribution in [0.4, 0.5) is 5.69 Å². The van der Waals surface area contributed by atoms with E-state index in [0.29, 0.717) is 0 Å². The molecule has 2 aromatic rings. The second kappa shape index (κ2) is 6.16. The predicted molar refractivity (Wildman–Crippen MR) is 95.7 cm³/mol. The second-order valence-corrected chi connectivity index (χ2v) is 6.58. The summed E-state index contributed by atoms with van der Waals surface area (Å²) in [6.07, 6.45) is 1.05. The summed E-state index contributed by atoms with van der Waals surface area (Å²) in [7, 11) is 0. The monoisotopic (exact) mass is 360 g/mol. The Morgan fingerprint density at radius 3 is 2.71 bits per heavy atom. The van der Waals surface area contributed by atoms with Gasteiger partial charge < -0.3 is 10.2 Å². The zero-order valence-corrected chi connectivity index (χ0v) is 14.3. The lowest BCUT2D eigenvalue weighted by Crippen LogP contribution is -2.38. The van der Waals surface area contributed by atoms with Gasteiger partial charge in [-0.15, -0.1) is 0 Å². The smallest absolute Gasteiger partial charge is 0.173 e. The van der Waals surface area contributed by atoms with E-state index in [-0.39, 0.29) is 0 Å². The first-order valence-electron chi connectivity index (χ1n) is 7.02. The van der Waals surface area contributed by atoms with Gasteiger partial charge in [0.1, 0.15) is 0 Å². The SMILES string of the molecule is Cc1cc(NC(=S)N2CCc3ccccc3C2)ccc1Br. The minimum absolute atomic E-state index is 0.797. The van der Waals surface area contributed by atoms with Crippen molar-refractivity contribution in [3.63, 3.8) is 0 Å². The summed E-state index contributed by atoms with van der Waals surface area (Å²) in [6.45, 7) is 3.94. The number of benzene rings is 2. The Morgan fingerprint density at radius 2 is 1.95 bits per heavy atom. The molecule has 0 unspecified atom stereocenters. The Hall–Kier alpha value is -1.39. The maximum absolute atomic E-state index is 5.56. The molecule has 4 heteroatoms. The molecular formula is C17H17BrN2S. The van der Waals surface area contributed by atoms with E-state index in [0.717, 1.165) is 34.8 Å². The van der Waals surface area contributed by atoms with Gasteiger partial charge in [-0.3, -0.25) is 0 Å². The van der Waals surface area contributed by atoms with Gasteiger partial charge in [-0.1, -0.05) is 40.2 Å². The molecule has 0 saturated heterocycles. The molecule has 0 saturated carbocycles. The molecule has 108 valence electrons. The topological polar surface area (TPSA) is 15.3 Å². The van der Waals surface area contributed by atoms with Gasteiger partial charge in [-0.25, -0.2) is 0 Å². The van der Waals surface area contributed by atoms with Crippen LogP contribution >= 0.6 is 28.1 Å². The van der Waals surface area contributed by atoms with Crippen LogP contribution < -0.4 is 5.32 Å². The van der Waals surface area contributed by atoms with E-state index in [4.69, 9.17) is 12.2 Å². The highest BCUT2D eigenvalue weighted by Gasteiger charge is 2.17. The summed E-state index contributed by atoms with van der Waals surface area (Å²) in [6, 6.07) is 14.8. The zero-order chi connectivity index (χ0) is 14.8. The van der Waals surface area contributed by atoms with Crippen LogP contribution in [-0.4, -0.2) is 16.6 Å².